The van der Waals surface area contributed by atoms with Gasteiger partial charge in [-0.2, -0.15) is 0 Å². The largest absolute Gasteiger partial charge is 0.478 e. The van der Waals surface area contributed by atoms with Crippen LogP contribution in [0.25, 0.3) is 0 Å². The van der Waals surface area contributed by atoms with Crippen molar-refractivity contribution in [3.05, 3.63) is 23.8 Å². The number of aromatic carboxylic acids is 1. The maximum absolute atomic E-state index is 12.3. The Morgan fingerprint density at radius 3 is 2.58 bits per heavy atom. The van der Waals surface area contributed by atoms with Crippen LogP contribution in [0.4, 0.5) is 5.69 Å². The van der Waals surface area contributed by atoms with Crippen molar-refractivity contribution in [1.29, 1.82) is 0 Å². The summed E-state index contributed by atoms with van der Waals surface area (Å²) in [5.74, 6) is -1.22. The number of sulfonamides is 1. The molecule has 0 radical (unpaired) electrons. The Hall–Kier alpha value is -1.68. The minimum absolute atomic E-state index is 0.124. The fourth-order valence-corrected chi connectivity index (χ4v) is 3.12. The molecular formula is C15H24N2O6S. The molecule has 1 aromatic carbocycles. The second-order valence-electron chi connectivity index (χ2n) is 5.34. The molecular weight excluding hydrogens is 336 g/mol. The molecule has 0 amide bonds. The van der Waals surface area contributed by atoms with E-state index in [1.54, 1.807) is 0 Å². The third kappa shape index (κ3) is 6.44. The van der Waals surface area contributed by atoms with Gasteiger partial charge in [-0.1, -0.05) is 0 Å². The summed E-state index contributed by atoms with van der Waals surface area (Å²) in [6, 6.07) is 3.84. The normalized spacial score (nSPS) is 11.7. The first-order valence-corrected chi connectivity index (χ1v) is 9.09. The quantitative estimate of drug-likeness (QED) is 0.432. The molecule has 0 spiro atoms. The van der Waals surface area contributed by atoms with Crippen molar-refractivity contribution in [3.8, 4) is 0 Å². The lowest BCUT2D eigenvalue weighted by molar-refractivity contribution is 0.0696. The predicted octanol–water partition coefficient (Wildman–Crippen LogP) is 0.882. The summed E-state index contributed by atoms with van der Waals surface area (Å²) in [5, 5.41) is 20.8. The van der Waals surface area contributed by atoms with E-state index in [0.29, 0.717) is 25.3 Å². The van der Waals surface area contributed by atoms with Crippen molar-refractivity contribution in [2.24, 2.45) is 0 Å². The molecule has 0 aliphatic heterocycles. The van der Waals surface area contributed by atoms with Crippen LogP contribution in [0, 0.1) is 0 Å². The third-order valence-corrected chi connectivity index (χ3v) is 4.51. The van der Waals surface area contributed by atoms with Gasteiger partial charge in [0.15, 0.2) is 0 Å². The zero-order valence-corrected chi connectivity index (χ0v) is 14.6. The Labute approximate surface area is 141 Å². The first kappa shape index (κ1) is 20.4. The number of aliphatic hydroxyl groups is 1. The number of nitrogens with one attached hydrogen (secondary N) is 2. The summed E-state index contributed by atoms with van der Waals surface area (Å²) in [5.41, 5.74) is 0.169. The summed E-state index contributed by atoms with van der Waals surface area (Å²) in [7, 11) is -3.93. The van der Waals surface area contributed by atoms with Gasteiger partial charge in [0.25, 0.3) is 0 Å². The summed E-state index contributed by atoms with van der Waals surface area (Å²) in [6.45, 7) is 4.35. The van der Waals surface area contributed by atoms with E-state index in [-0.39, 0.29) is 29.7 Å². The lowest BCUT2D eigenvalue weighted by Crippen LogP contribution is -2.27. The average molecular weight is 360 g/mol. The van der Waals surface area contributed by atoms with Crippen LogP contribution in [0.5, 0.6) is 0 Å². The van der Waals surface area contributed by atoms with Gasteiger partial charge in [-0.15, -0.1) is 0 Å². The van der Waals surface area contributed by atoms with Crippen LogP contribution >= 0.6 is 0 Å². The number of benzene rings is 1. The molecule has 0 atom stereocenters. The Bertz CT molecular complexity index is 645. The Balaban J connectivity index is 2.92. The van der Waals surface area contributed by atoms with E-state index in [1.807, 2.05) is 13.8 Å². The van der Waals surface area contributed by atoms with Crippen LogP contribution in [0.2, 0.25) is 0 Å². The van der Waals surface area contributed by atoms with Crippen molar-refractivity contribution < 1.29 is 28.2 Å². The highest BCUT2D eigenvalue weighted by atomic mass is 32.2. The molecule has 0 aliphatic rings. The number of hydrogen-bond acceptors (Lipinski definition) is 6. The number of carbonyl (C=O) groups is 1. The molecule has 1 aromatic rings. The molecule has 4 N–H and O–H groups in total. The number of carboxylic acid groups (broad SMARTS) is 1. The SMILES string of the molecule is CC(C)OCCCNc1ccc(C(=O)O)cc1S(=O)(=O)NCCO. The van der Waals surface area contributed by atoms with Gasteiger partial charge in [0.1, 0.15) is 4.90 Å². The summed E-state index contributed by atoms with van der Waals surface area (Å²) < 4.78 is 32.2. The van der Waals surface area contributed by atoms with Gasteiger partial charge in [-0.25, -0.2) is 17.9 Å². The molecule has 0 bridgehead atoms. The maximum atomic E-state index is 12.3. The van der Waals surface area contributed by atoms with E-state index >= 15 is 0 Å². The van der Waals surface area contributed by atoms with Crippen molar-refractivity contribution >= 4 is 21.7 Å². The number of hydrogen-bond donors (Lipinski definition) is 4. The van der Waals surface area contributed by atoms with Gasteiger partial charge in [0.05, 0.1) is 24.0 Å². The number of rotatable bonds is 11. The number of ether oxygens (including phenoxy) is 1. The molecule has 136 valence electrons. The Morgan fingerprint density at radius 1 is 1.29 bits per heavy atom. The van der Waals surface area contributed by atoms with Crippen LogP contribution in [0.15, 0.2) is 23.1 Å². The zero-order valence-electron chi connectivity index (χ0n) is 13.8. The number of anilines is 1. The molecule has 0 aliphatic carbocycles. The summed E-state index contributed by atoms with van der Waals surface area (Å²) >= 11 is 0. The molecule has 24 heavy (non-hydrogen) atoms. The Morgan fingerprint density at radius 2 is 2.00 bits per heavy atom. The summed E-state index contributed by atoms with van der Waals surface area (Å²) in [6.07, 6.45) is 0.793. The van der Waals surface area contributed by atoms with Crippen molar-refractivity contribution in [3.63, 3.8) is 0 Å². The van der Waals surface area contributed by atoms with E-state index in [4.69, 9.17) is 14.9 Å². The number of aliphatic hydroxyl groups excluding tert-OH is 1. The first-order chi connectivity index (χ1) is 11.3. The van der Waals surface area contributed by atoms with Gasteiger partial charge in [0, 0.05) is 19.7 Å². The van der Waals surface area contributed by atoms with Gasteiger partial charge < -0.3 is 20.3 Å². The van der Waals surface area contributed by atoms with Crippen LogP contribution in [0.1, 0.15) is 30.6 Å². The monoisotopic (exact) mass is 360 g/mol. The standard InChI is InChI=1S/C15H24N2O6S/c1-11(2)23-9-3-6-16-13-5-4-12(15(19)20)10-14(13)24(21,22)17-7-8-18/h4-5,10-11,16-18H,3,6-9H2,1-2H3,(H,19,20). The van der Waals surface area contributed by atoms with E-state index in [9.17, 15) is 13.2 Å². The molecule has 0 unspecified atom stereocenters. The minimum atomic E-state index is -3.93. The van der Waals surface area contributed by atoms with E-state index in [0.717, 1.165) is 6.07 Å². The lowest BCUT2D eigenvalue weighted by atomic mass is 10.2. The molecule has 0 saturated heterocycles. The first-order valence-electron chi connectivity index (χ1n) is 7.61. The van der Waals surface area contributed by atoms with Gasteiger partial charge in [0.2, 0.25) is 10.0 Å². The van der Waals surface area contributed by atoms with Gasteiger partial charge in [-0.05, 0) is 38.5 Å². The fraction of sp³-hybridized carbons (Fsp3) is 0.533. The van der Waals surface area contributed by atoms with Crippen LogP contribution in [-0.2, 0) is 14.8 Å². The van der Waals surface area contributed by atoms with E-state index < -0.39 is 16.0 Å². The second-order valence-corrected chi connectivity index (χ2v) is 7.07. The van der Waals surface area contributed by atoms with E-state index in [2.05, 4.69) is 10.0 Å². The smallest absolute Gasteiger partial charge is 0.335 e. The van der Waals surface area contributed by atoms with Gasteiger partial charge in [-0.3, -0.25) is 0 Å². The second kappa shape index (κ2) is 9.58. The lowest BCUT2D eigenvalue weighted by Gasteiger charge is -2.14. The van der Waals surface area contributed by atoms with Crippen LogP contribution in [0.3, 0.4) is 0 Å². The molecule has 0 saturated carbocycles. The topological polar surface area (TPSA) is 125 Å². The average Bonchev–Trinajstić information content (AvgIpc) is 2.52. The molecule has 0 fully saturated rings. The highest BCUT2D eigenvalue weighted by molar-refractivity contribution is 7.89. The molecule has 0 heterocycles. The minimum Gasteiger partial charge on any atom is -0.478 e. The highest BCUT2D eigenvalue weighted by Gasteiger charge is 2.20. The molecule has 8 nitrogen and oxygen atoms in total. The van der Waals surface area contributed by atoms with Gasteiger partial charge >= 0.3 is 5.97 Å². The van der Waals surface area contributed by atoms with Crippen LogP contribution < -0.4 is 10.0 Å². The zero-order chi connectivity index (χ0) is 18.2. The third-order valence-electron chi connectivity index (χ3n) is 3.01. The number of carboxylic acids is 1. The molecule has 9 heteroatoms. The Kier molecular flexibility index (Phi) is 8.13. The van der Waals surface area contributed by atoms with Crippen LogP contribution in [-0.4, -0.2) is 57.0 Å². The maximum Gasteiger partial charge on any atom is 0.335 e. The van der Waals surface area contributed by atoms with Crippen molar-refractivity contribution in [1.82, 2.24) is 4.72 Å². The predicted molar refractivity (Wildman–Crippen MR) is 89.9 cm³/mol. The van der Waals surface area contributed by atoms with Crippen molar-refractivity contribution in [2.75, 3.05) is 31.6 Å². The fourth-order valence-electron chi connectivity index (χ4n) is 1.90. The van der Waals surface area contributed by atoms with E-state index in [1.165, 1.54) is 12.1 Å². The van der Waals surface area contributed by atoms with Crippen molar-refractivity contribution in [2.45, 2.75) is 31.3 Å². The summed E-state index contributed by atoms with van der Waals surface area (Å²) in [4.78, 5) is 10.9. The molecule has 1 rings (SSSR count). The molecule has 0 aromatic heterocycles. The highest BCUT2D eigenvalue weighted by Crippen LogP contribution is 2.23.